The fourth-order valence-electron chi connectivity index (χ4n) is 4.57. The third kappa shape index (κ3) is 7.43. The first kappa shape index (κ1) is 28.4. The van der Waals surface area contributed by atoms with Gasteiger partial charge >= 0.3 is 0 Å². The number of aliphatic hydroxyl groups excluding tert-OH is 1. The standard InChI is InChI=1S/C30H41N3O4/c1-6-8-18-33-28(15-10-13-24(11-7-2)37-20-19-34)32-29(25-14-9-12-22(3)31-25)30(33)23-16-17-26(35-4)27(21-23)36-5/h6,8-9,12,14,16-17,21,24,34H,7,10-11,13,15,18-20H2,1-5H3/b8-6-. The molecule has 0 saturated heterocycles. The van der Waals surface area contributed by atoms with E-state index in [1.807, 2.05) is 50.2 Å². The first-order chi connectivity index (χ1) is 18.1. The van der Waals surface area contributed by atoms with Crippen molar-refractivity contribution in [2.24, 2.45) is 0 Å². The molecule has 1 aromatic carbocycles. The number of ether oxygens (including phenoxy) is 3. The number of hydrogen-bond donors (Lipinski definition) is 1. The predicted octanol–water partition coefficient (Wildman–Crippen LogP) is 6.01. The molecule has 0 radical (unpaired) electrons. The molecule has 3 rings (SSSR count). The number of imidazole rings is 1. The molecule has 0 aliphatic rings. The Bertz CT molecular complexity index is 1160. The lowest BCUT2D eigenvalue weighted by atomic mass is 10.1. The molecule has 0 saturated carbocycles. The molecule has 3 aromatic rings. The van der Waals surface area contributed by atoms with Crippen molar-refractivity contribution >= 4 is 0 Å². The Hall–Kier alpha value is -3.16. The average Bonchev–Trinajstić information content (AvgIpc) is 3.28. The van der Waals surface area contributed by atoms with Crippen LogP contribution < -0.4 is 9.47 Å². The van der Waals surface area contributed by atoms with Crippen LogP contribution in [0.1, 0.15) is 51.0 Å². The summed E-state index contributed by atoms with van der Waals surface area (Å²) in [4.78, 5) is 9.98. The van der Waals surface area contributed by atoms with Gasteiger partial charge in [-0.2, -0.15) is 0 Å². The van der Waals surface area contributed by atoms with E-state index in [9.17, 15) is 5.11 Å². The Morgan fingerprint density at radius 3 is 2.54 bits per heavy atom. The van der Waals surface area contributed by atoms with Gasteiger partial charge in [0.1, 0.15) is 11.5 Å². The lowest BCUT2D eigenvalue weighted by molar-refractivity contribution is 0.0180. The number of methoxy groups -OCH3 is 2. The first-order valence-electron chi connectivity index (χ1n) is 13.2. The van der Waals surface area contributed by atoms with E-state index in [1.54, 1.807) is 14.2 Å². The molecule has 7 heteroatoms. The number of allylic oxidation sites excluding steroid dienone is 2. The Kier molecular flexibility index (Phi) is 11.2. The van der Waals surface area contributed by atoms with Crippen molar-refractivity contribution in [2.75, 3.05) is 27.4 Å². The molecule has 7 nitrogen and oxygen atoms in total. The first-order valence-corrected chi connectivity index (χ1v) is 13.2. The lowest BCUT2D eigenvalue weighted by Gasteiger charge is -2.17. The van der Waals surface area contributed by atoms with Gasteiger partial charge in [-0.05, 0) is 63.4 Å². The maximum atomic E-state index is 9.18. The zero-order chi connectivity index (χ0) is 26.6. The van der Waals surface area contributed by atoms with Gasteiger partial charge in [0.15, 0.2) is 11.5 Å². The molecule has 1 atom stereocenters. The van der Waals surface area contributed by atoms with Gasteiger partial charge in [-0.25, -0.2) is 4.98 Å². The molecule has 2 aromatic heterocycles. The van der Waals surface area contributed by atoms with E-state index in [0.717, 1.165) is 66.3 Å². The van der Waals surface area contributed by atoms with Gasteiger partial charge in [0.05, 0.1) is 44.9 Å². The van der Waals surface area contributed by atoms with Crippen LogP contribution in [-0.2, 0) is 17.7 Å². The van der Waals surface area contributed by atoms with Crippen LogP contribution in [0.4, 0.5) is 0 Å². The summed E-state index contributed by atoms with van der Waals surface area (Å²) < 4.78 is 19.3. The Balaban J connectivity index is 2.07. The summed E-state index contributed by atoms with van der Waals surface area (Å²) in [5.41, 5.74) is 4.66. The number of nitrogens with zero attached hydrogens (tertiary/aromatic N) is 3. The van der Waals surface area contributed by atoms with Crippen LogP contribution in [0.25, 0.3) is 22.6 Å². The number of aryl methyl sites for hydroxylation is 2. The van der Waals surface area contributed by atoms with Crippen molar-refractivity contribution in [1.82, 2.24) is 14.5 Å². The van der Waals surface area contributed by atoms with Gasteiger partial charge in [0.25, 0.3) is 0 Å². The highest BCUT2D eigenvalue weighted by molar-refractivity contribution is 5.79. The number of aliphatic hydroxyl groups is 1. The Morgan fingerprint density at radius 1 is 1.05 bits per heavy atom. The van der Waals surface area contributed by atoms with Crippen LogP contribution in [0.2, 0.25) is 0 Å². The summed E-state index contributed by atoms with van der Waals surface area (Å²) >= 11 is 0. The SMILES string of the molecule is C/C=C\Cn1c(CCCC(CCC)OCCO)nc(-c2cccc(C)n2)c1-c1ccc(OC)c(OC)c1. The smallest absolute Gasteiger partial charge is 0.161 e. The summed E-state index contributed by atoms with van der Waals surface area (Å²) in [6, 6.07) is 12.0. The molecule has 1 unspecified atom stereocenters. The highest BCUT2D eigenvalue weighted by Crippen LogP contribution is 2.37. The highest BCUT2D eigenvalue weighted by Gasteiger charge is 2.22. The summed E-state index contributed by atoms with van der Waals surface area (Å²) in [5, 5.41) is 9.18. The molecular weight excluding hydrogens is 466 g/mol. The summed E-state index contributed by atoms with van der Waals surface area (Å²) in [6.45, 7) is 7.33. The maximum absolute atomic E-state index is 9.18. The number of rotatable bonds is 15. The van der Waals surface area contributed by atoms with Gasteiger partial charge < -0.3 is 23.9 Å². The van der Waals surface area contributed by atoms with E-state index in [-0.39, 0.29) is 12.7 Å². The van der Waals surface area contributed by atoms with Gasteiger partial charge in [-0.15, -0.1) is 0 Å². The quantitative estimate of drug-likeness (QED) is 0.254. The zero-order valence-corrected chi connectivity index (χ0v) is 22.9. The minimum absolute atomic E-state index is 0.0511. The lowest BCUT2D eigenvalue weighted by Crippen LogP contribution is -2.16. The minimum atomic E-state index is 0.0511. The molecular formula is C30H41N3O4. The second kappa shape index (κ2) is 14.5. The topological polar surface area (TPSA) is 78.6 Å². The van der Waals surface area contributed by atoms with Crippen LogP contribution in [0.15, 0.2) is 48.6 Å². The summed E-state index contributed by atoms with van der Waals surface area (Å²) in [5.74, 6) is 2.37. The number of pyridine rings is 1. The van der Waals surface area contributed by atoms with Crippen molar-refractivity contribution in [3.63, 3.8) is 0 Å². The number of aromatic nitrogens is 3. The van der Waals surface area contributed by atoms with Crippen molar-refractivity contribution in [1.29, 1.82) is 0 Å². The van der Waals surface area contributed by atoms with Crippen LogP contribution in [0.5, 0.6) is 11.5 Å². The molecule has 0 aliphatic heterocycles. The van der Waals surface area contributed by atoms with Gasteiger partial charge in [-0.3, -0.25) is 4.98 Å². The van der Waals surface area contributed by atoms with Crippen molar-refractivity contribution in [3.05, 3.63) is 60.1 Å². The number of benzene rings is 1. The van der Waals surface area contributed by atoms with Crippen molar-refractivity contribution in [3.8, 4) is 34.1 Å². The van der Waals surface area contributed by atoms with Gasteiger partial charge in [-0.1, -0.05) is 31.6 Å². The van der Waals surface area contributed by atoms with Gasteiger partial charge in [0.2, 0.25) is 0 Å². The fraction of sp³-hybridized carbons (Fsp3) is 0.467. The van der Waals surface area contributed by atoms with Crippen LogP contribution in [-0.4, -0.2) is 53.2 Å². The van der Waals surface area contributed by atoms with Crippen molar-refractivity contribution in [2.45, 2.75) is 65.5 Å². The normalized spacial score (nSPS) is 12.3. The molecule has 0 bridgehead atoms. The third-order valence-electron chi connectivity index (χ3n) is 6.34. The monoisotopic (exact) mass is 507 g/mol. The third-order valence-corrected chi connectivity index (χ3v) is 6.34. The van der Waals surface area contributed by atoms with E-state index in [2.05, 4.69) is 23.6 Å². The molecule has 0 fully saturated rings. The largest absolute Gasteiger partial charge is 0.493 e. The van der Waals surface area contributed by atoms with E-state index >= 15 is 0 Å². The molecule has 0 aliphatic carbocycles. The van der Waals surface area contributed by atoms with E-state index < -0.39 is 0 Å². The predicted molar refractivity (Wildman–Crippen MR) is 148 cm³/mol. The Morgan fingerprint density at radius 2 is 1.86 bits per heavy atom. The molecule has 2 heterocycles. The van der Waals surface area contributed by atoms with E-state index in [1.165, 1.54) is 0 Å². The van der Waals surface area contributed by atoms with Crippen molar-refractivity contribution < 1.29 is 19.3 Å². The van der Waals surface area contributed by atoms with Crippen LogP contribution in [0, 0.1) is 6.92 Å². The fourth-order valence-corrected chi connectivity index (χ4v) is 4.57. The Labute approximate surface area is 221 Å². The van der Waals surface area contributed by atoms with Crippen LogP contribution >= 0.6 is 0 Å². The minimum Gasteiger partial charge on any atom is -0.493 e. The van der Waals surface area contributed by atoms with Crippen LogP contribution in [0.3, 0.4) is 0 Å². The molecule has 37 heavy (non-hydrogen) atoms. The van der Waals surface area contributed by atoms with E-state index in [0.29, 0.717) is 24.7 Å². The molecule has 200 valence electrons. The van der Waals surface area contributed by atoms with Gasteiger partial charge in [0, 0.05) is 24.2 Å². The summed E-state index contributed by atoms with van der Waals surface area (Å²) in [7, 11) is 3.29. The highest BCUT2D eigenvalue weighted by atomic mass is 16.5. The maximum Gasteiger partial charge on any atom is 0.161 e. The van der Waals surface area contributed by atoms with E-state index in [4.69, 9.17) is 24.2 Å². The molecule has 0 spiro atoms. The summed E-state index contributed by atoms with van der Waals surface area (Å²) in [6.07, 6.45) is 9.08. The molecule has 0 amide bonds. The zero-order valence-electron chi connectivity index (χ0n) is 22.9. The average molecular weight is 508 g/mol. The number of hydrogen-bond acceptors (Lipinski definition) is 6. The molecule has 1 N–H and O–H groups in total. The second-order valence-corrected chi connectivity index (χ2v) is 9.04. The second-order valence-electron chi connectivity index (χ2n) is 9.04.